The van der Waals surface area contributed by atoms with Gasteiger partial charge in [-0.15, -0.1) is 0 Å². The van der Waals surface area contributed by atoms with Crippen molar-refractivity contribution < 1.29 is 38.1 Å². The standard InChI is InChI=1S/C19H24O8/c1-8(2)16(20)25-10(4)26-17(21)9(3)18(22)27-14-6-11-5-12(14)15-13(11)7-24-19(15)23/h9-15H,1,5-7H2,2-4H3. The minimum Gasteiger partial charge on any atom is -0.465 e. The van der Waals surface area contributed by atoms with Crippen molar-refractivity contribution in [2.24, 2.45) is 29.6 Å². The number of cyclic esters (lactones) is 1. The minimum absolute atomic E-state index is 0.0439. The number of rotatable bonds is 6. The Bertz CT molecular complexity index is 683. The predicted octanol–water partition coefficient (Wildman–Crippen LogP) is 1.37. The molecule has 0 radical (unpaired) electrons. The van der Waals surface area contributed by atoms with Crippen molar-refractivity contribution in [3.05, 3.63) is 12.2 Å². The highest BCUT2D eigenvalue weighted by atomic mass is 16.7. The van der Waals surface area contributed by atoms with E-state index in [0.717, 1.165) is 6.42 Å². The molecule has 0 N–H and O–H groups in total. The van der Waals surface area contributed by atoms with Gasteiger partial charge in [0.05, 0.1) is 12.5 Å². The fraction of sp³-hybridized carbons (Fsp3) is 0.684. The minimum atomic E-state index is -1.17. The average molecular weight is 380 g/mol. The Kier molecular flexibility index (Phi) is 5.26. The van der Waals surface area contributed by atoms with E-state index in [9.17, 15) is 19.2 Å². The van der Waals surface area contributed by atoms with Crippen LogP contribution in [0.2, 0.25) is 0 Å². The van der Waals surface area contributed by atoms with E-state index in [4.69, 9.17) is 18.9 Å². The first-order valence-corrected chi connectivity index (χ1v) is 9.13. The fourth-order valence-corrected chi connectivity index (χ4v) is 4.30. The van der Waals surface area contributed by atoms with E-state index in [1.165, 1.54) is 20.8 Å². The largest absolute Gasteiger partial charge is 0.465 e. The lowest BCUT2D eigenvalue weighted by atomic mass is 9.80. The van der Waals surface area contributed by atoms with E-state index in [1.807, 2.05) is 0 Å². The van der Waals surface area contributed by atoms with Crippen molar-refractivity contribution in [1.29, 1.82) is 0 Å². The Hall–Kier alpha value is -2.38. The van der Waals surface area contributed by atoms with Gasteiger partial charge < -0.3 is 18.9 Å². The van der Waals surface area contributed by atoms with E-state index < -0.39 is 30.1 Å². The summed E-state index contributed by atoms with van der Waals surface area (Å²) in [6.45, 7) is 8.10. The molecule has 3 aliphatic rings. The molecule has 8 heteroatoms. The van der Waals surface area contributed by atoms with Crippen molar-refractivity contribution in [3.8, 4) is 0 Å². The van der Waals surface area contributed by atoms with Crippen LogP contribution in [0.1, 0.15) is 33.6 Å². The summed E-state index contributed by atoms with van der Waals surface area (Å²) in [6.07, 6.45) is -0.00526. The molecule has 1 saturated heterocycles. The summed E-state index contributed by atoms with van der Waals surface area (Å²) in [5, 5.41) is 0. The van der Waals surface area contributed by atoms with Crippen LogP contribution in [-0.2, 0) is 38.1 Å². The molecule has 2 aliphatic carbocycles. The van der Waals surface area contributed by atoms with E-state index in [2.05, 4.69) is 6.58 Å². The molecule has 27 heavy (non-hydrogen) atoms. The third-order valence-electron chi connectivity index (χ3n) is 5.68. The molecule has 0 amide bonds. The summed E-state index contributed by atoms with van der Waals surface area (Å²) in [4.78, 5) is 47.8. The summed E-state index contributed by atoms with van der Waals surface area (Å²) in [5.74, 6) is -3.33. The van der Waals surface area contributed by atoms with Gasteiger partial charge in [-0.3, -0.25) is 14.4 Å². The van der Waals surface area contributed by atoms with E-state index in [-0.39, 0.29) is 35.4 Å². The quantitative estimate of drug-likeness (QED) is 0.224. The van der Waals surface area contributed by atoms with Gasteiger partial charge in [-0.05, 0) is 32.6 Å². The number of hydrogen-bond acceptors (Lipinski definition) is 8. The highest BCUT2D eigenvalue weighted by Gasteiger charge is 2.60. The monoisotopic (exact) mass is 380 g/mol. The zero-order valence-corrected chi connectivity index (χ0v) is 15.6. The molecular weight excluding hydrogens is 356 g/mol. The third kappa shape index (κ3) is 3.70. The molecule has 1 heterocycles. The van der Waals surface area contributed by atoms with Gasteiger partial charge in [0.15, 0.2) is 5.92 Å². The summed E-state index contributed by atoms with van der Waals surface area (Å²) >= 11 is 0. The molecule has 2 bridgehead atoms. The molecule has 8 nitrogen and oxygen atoms in total. The summed E-state index contributed by atoms with van der Waals surface area (Å²) < 4.78 is 20.5. The van der Waals surface area contributed by atoms with Crippen molar-refractivity contribution >= 4 is 23.9 Å². The first-order chi connectivity index (χ1) is 12.7. The van der Waals surface area contributed by atoms with E-state index >= 15 is 0 Å². The number of esters is 4. The topological polar surface area (TPSA) is 105 Å². The Morgan fingerprint density at radius 3 is 2.48 bits per heavy atom. The van der Waals surface area contributed by atoms with Crippen molar-refractivity contribution in [2.75, 3.05) is 6.61 Å². The summed E-state index contributed by atoms with van der Waals surface area (Å²) in [6, 6.07) is 0. The lowest BCUT2D eigenvalue weighted by molar-refractivity contribution is -0.188. The molecule has 0 aromatic rings. The second kappa shape index (κ2) is 7.32. The molecule has 0 spiro atoms. The van der Waals surface area contributed by atoms with Crippen LogP contribution >= 0.6 is 0 Å². The fourth-order valence-electron chi connectivity index (χ4n) is 4.30. The van der Waals surface area contributed by atoms with Gasteiger partial charge in [-0.2, -0.15) is 0 Å². The Morgan fingerprint density at radius 1 is 1.11 bits per heavy atom. The highest BCUT2D eigenvalue weighted by molar-refractivity contribution is 5.94. The number of ether oxygens (including phenoxy) is 4. The van der Waals surface area contributed by atoms with Crippen LogP contribution in [0.25, 0.3) is 0 Å². The SMILES string of the molecule is C=C(C)C(=O)OC(C)OC(=O)C(C)C(=O)OC1CC2CC1C1C(=O)OCC21. The molecule has 148 valence electrons. The lowest BCUT2D eigenvalue weighted by Gasteiger charge is -2.28. The first-order valence-electron chi connectivity index (χ1n) is 9.13. The predicted molar refractivity (Wildman–Crippen MR) is 89.7 cm³/mol. The van der Waals surface area contributed by atoms with Crippen molar-refractivity contribution in [3.63, 3.8) is 0 Å². The van der Waals surface area contributed by atoms with Gasteiger partial charge in [-0.1, -0.05) is 6.58 Å². The van der Waals surface area contributed by atoms with Crippen LogP contribution in [0.15, 0.2) is 12.2 Å². The third-order valence-corrected chi connectivity index (χ3v) is 5.68. The molecule has 2 saturated carbocycles. The number of carbonyl (C=O) groups is 4. The second-order valence-electron chi connectivity index (χ2n) is 7.60. The second-order valence-corrected chi connectivity index (χ2v) is 7.60. The maximum atomic E-state index is 12.3. The maximum Gasteiger partial charge on any atom is 0.336 e. The normalized spacial score (nSPS) is 32.9. The van der Waals surface area contributed by atoms with Gasteiger partial charge in [0, 0.05) is 24.3 Å². The first kappa shape index (κ1) is 19.4. The van der Waals surface area contributed by atoms with Crippen LogP contribution in [0.4, 0.5) is 0 Å². The Balaban J connectivity index is 1.51. The van der Waals surface area contributed by atoms with Crippen molar-refractivity contribution in [2.45, 2.75) is 46.0 Å². The Morgan fingerprint density at radius 2 is 1.81 bits per heavy atom. The van der Waals surface area contributed by atoms with Crippen molar-refractivity contribution in [1.82, 2.24) is 0 Å². The van der Waals surface area contributed by atoms with Gasteiger partial charge >= 0.3 is 23.9 Å². The smallest absolute Gasteiger partial charge is 0.336 e. The molecule has 7 unspecified atom stereocenters. The van der Waals surface area contributed by atoms with Gasteiger partial charge in [0.25, 0.3) is 0 Å². The van der Waals surface area contributed by atoms with E-state index in [1.54, 1.807) is 0 Å². The van der Waals surface area contributed by atoms with Crippen LogP contribution < -0.4 is 0 Å². The number of carbonyl (C=O) groups excluding carboxylic acids is 4. The van der Waals surface area contributed by atoms with Gasteiger partial charge in [0.2, 0.25) is 6.29 Å². The zero-order chi connectivity index (χ0) is 19.9. The van der Waals surface area contributed by atoms with Gasteiger partial charge in [-0.25, -0.2) is 4.79 Å². The van der Waals surface area contributed by atoms with Crippen LogP contribution in [0.3, 0.4) is 0 Å². The lowest BCUT2D eigenvalue weighted by Crippen LogP contribution is -2.38. The molecule has 7 atom stereocenters. The molecule has 1 aliphatic heterocycles. The summed E-state index contributed by atoms with van der Waals surface area (Å²) in [5.41, 5.74) is 0.172. The molecular formula is C19H24O8. The Labute approximate surface area is 157 Å². The average Bonchev–Trinajstić information content (AvgIpc) is 3.26. The van der Waals surface area contributed by atoms with Gasteiger partial charge in [0.1, 0.15) is 6.10 Å². The molecule has 3 rings (SSSR count). The van der Waals surface area contributed by atoms with Crippen LogP contribution in [-0.4, -0.2) is 42.9 Å². The van der Waals surface area contributed by atoms with Crippen LogP contribution in [0.5, 0.6) is 0 Å². The highest BCUT2D eigenvalue weighted by Crippen LogP contribution is 2.56. The number of hydrogen-bond donors (Lipinski definition) is 0. The van der Waals surface area contributed by atoms with E-state index in [0.29, 0.717) is 18.9 Å². The molecule has 3 fully saturated rings. The molecule has 0 aromatic heterocycles. The maximum absolute atomic E-state index is 12.3. The summed E-state index contributed by atoms with van der Waals surface area (Å²) in [7, 11) is 0. The zero-order valence-electron chi connectivity index (χ0n) is 15.6. The molecule has 0 aromatic carbocycles. The van der Waals surface area contributed by atoms with Crippen LogP contribution in [0, 0.1) is 29.6 Å². The number of fused-ring (bicyclic) bond motifs is 5.